The van der Waals surface area contributed by atoms with Crippen molar-refractivity contribution in [2.75, 3.05) is 4.90 Å². The quantitative estimate of drug-likeness (QED) is 0.606. The lowest BCUT2D eigenvalue weighted by atomic mass is 10.1. The van der Waals surface area contributed by atoms with Gasteiger partial charge in [-0.3, -0.25) is 4.90 Å². The number of ether oxygens (including phenoxy) is 1. The first kappa shape index (κ1) is 15.5. The first-order chi connectivity index (χ1) is 12.2. The summed E-state index contributed by atoms with van der Waals surface area (Å²) in [6.45, 7) is 4.69. The third-order valence-corrected chi connectivity index (χ3v) is 4.33. The Morgan fingerprint density at radius 3 is 2.16 bits per heavy atom. The van der Waals surface area contributed by atoms with Crippen LogP contribution in [0, 0.1) is 13.8 Å². The van der Waals surface area contributed by atoms with Crippen molar-refractivity contribution in [1.82, 2.24) is 0 Å². The van der Waals surface area contributed by atoms with Crippen molar-refractivity contribution in [3.8, 4) is 0 Å². The average molecular weight is 328 g/mol. The zero-order valence-electron chi connectivity index (χ0n) is 14.4. The molecule has 1 aliphatic rings. The van der Waals surface area contributed by atoms with E-state index in [9.17, 15) is 0 Å². The SMILES string of the molecule is Cc1ccc(N=C2OCc3ccccc3N2c2ccc(C)cc2)cc1. The second kappa shape index (κ2) is 6.44. The Hall–Kier alpha value is -3.07. The molecule has 1 heterocycles. The number of benzene rings is 3. The number of anilines is 2. The molecule has 3 aromatic rings. The van der Waals surface area contributed by atoms with Gasteiger partial charge in [-0.1, -0.05) is 53.6 Å². The van der Waals surface area contributed by atoms with Crippen LogP contribution in [0.5, 0.6) is 0 Å². The molecule has 0 saturated carbocycles. The van der Waals surface area contributed by atoms with Gasteiger partial charge < -0.3 is 4.74 Å². The molecule has 0 radical (unpaired) electrons. The van der Waals surface area contributed by atoms with Gasteiger partial charge in [0, 0.05) is 5.56 Å². The van der Waals surface area contributed by atoms with Crippen molar-refractivity contribution >= 4 is 23.1 Å². The Labute approximate surface area is 148 Å². The van der Waals surface area contributed by atoms with Gasteiger partial charge in [0.2, 0.25) is 0 Å². The number of para-hydroxylation sites is 1. The van der Waals surface area contributed by atoms with Gasteiger partial charge in [0.15, 0.2) is 0 Å². The number of aryl methyl sites for hydroxylation is 2. The van der Waals surface area contributed by atoms with Crippen molar-refractivity contribution in [3.63, 3.8) is 0 Å². The molecule has 0 saturated heterocycles. The third kappa shape index (κ3) is 3.13. The van der Waals surface area contributed by atoms with E-state index in [1.54, 1.807) is 0 Å². The molecule has 0 unspecified atom stereocenters. The van der Waals surface area contributed by atoms with Crippen LogP contribution < -0.4 is 4.90 Å². The van der Waals surface area contributed by atoms with E-state index in [1.807, 2.05) is 18.2 Å². The highest BCUT2D eigenvalue weighted by Crippen LogP contribution is 2.34. The van der Waals surface area contributed by atoms with Gasteiger partial charge in [0.05, 0.1) is 17.1 Å². The lowest BCUT2D eigenvalue weighted by Crippen LogP contribution is -2.32. The topological polar surface area (TPSA) is 24.8 Å². The Morgan fingerprint density at radius 1 is 0.800 bits per heavy atom. The lowest BCUT2D eigenvalue weighted by Gasteiger charge is -2.32. The van der Waals surface area contributed by atoms with Crippen LogP contribution in [0.3, 0.4) is 0 Å². The van der Waals surface area contributed by atoms with E-state index in [1.165, 1.54) is 11.1 Å². The van der Waals surface area contributed by atoms with Crippen molar-refractivity contribution in [2.24, 2.45) is 4.99 Å². The van der Waals surface area contributed by atoms with Crippen LogP contribution in [-0.4, -0.2) is 6.02 Å². The molecule has 0 N–H and O–H groups in total. The molecule has 3 aromatic carbocycles. The van der Waals surface area contributed by atoms with Crippen molar-refractivity contribution in [2.45, 2.75) is 20.5 Å². The molecular weight excluding hydrogens is 308 g/mol. The van der Waals surface area contributed by atoms with Crippen molar-refractivity contribution < 1.29 is 4.74 Å². The fraction of sp³-hybridized carbons (Fsp3) is 0.136. The van der Waals surface area contributed by atoms with E-state index in [2.05, 4.69) is 73.3 Å². The van der Waals surface area contributed by atoms with Crippen LogP contribution >= 0.6 is 0 Å². The number of hydrogen-bond donors (Lipinski definition) is 0. The predicted molar refractivity (Wildman–Crippen MR) is 103 cm³/mol. The first-order valence-electron chi connectivity index (χ1n) is 8.43. The fourth-order valence-electron chi connectivity index (χ4n) is 2.92. The maximum Gasteiger partial charge on any atom is 0.302 e. The molecule has 25 heavy (non-hydrogen) atoms. The van der Waals surface area contributed by atoms with Gasteiger partial charge >= 0.3 is 6.02 Å². The standard InChI is InChI=1S/C22H20N2O/c1-16-7-11-19(12-8-16)23-22-24(20-13-9-17(2)10-14-20)21-6-4-3-5-18(21)15-25-22/h3-14H,15H2,1-2H3. The predicted octanol–water partition coefficient (Wildman–Crippen LogP) is 5.66. The molecule has 3 heteroatoms. The maximum absolute atomic E-state index is 6.01. The summed E-state index contributed by atoms with van der Waals surface area (Å²) in [6, 6.07) is 25.5. The van der Waals surface area contributed by atoms with E-state index >= 15 is 0 Å². The molecule has 0 aliphatic carbocycles. The zero-order chi connectivity index (χ0) is 17.2. The minimum absolute atomic E-state index is 0.531. The van der Waals surface area contributed by atoms with Gasteiger partial charge in [-0.2, -0.15) is 4.99 Å². The first-order valence-corrected chi connectivity index (χ1v) is 8.43. The van der Waals surface area contributed by atoms with Gasteiger partial charge in [0.25, 0.3) is 0 Å². The number of fused-ring (bicyclic) bond motifs is 1. The molecule has 0 atom stereocenters. The number of amidine groups is 1. The highest BCUT2D eigenvalue weighted by atomic mass is 16.5. The van der Waals surface area contributed by atoms with E-state index in [-0.39, 0.29) is 0 Å². The minimum Gasteiger partial charge on any atom is -0.459 e. The number of rotatable bonds is 2. The lowest BCUT2D eigenvalue weighted by molar-refractivity contribution is 0.279. The zero-order valence-corrected chi connectivity index (χ0v) is 14.4. The molecule has 0 aromatic heterocycles. The summed E-state index contributed by atoms with van der Waals surface area (Å²) in [6.07, 6.45) is 0. The molecule has 0 bridgehead atoms. The van der Waals surface area contributed by atoms with Crippen LogP contribution in [0.4, 0.5) is 17.1 Å². The number of aliphatic imine (C=N–C) groups is 1. The second-order valence-corrected chi connectivity index (χ2v) is 6.32. The Morgan fingerprint density at radius 2 is 1.44 bits per heavy atom. The summed E-state index contributed by atoms with van der Waals surface area (Å²) >= 11 is 0. The largest absolute Gasteiger partial charge is 0.459 e. The fourth-order valence-corrected chi connectivity index (χ4v) is 2.92. The molecule has 0 amide bonds. The highest BCUT2D eigenvalue weighted by molar-refractivity contribution is 6.02. The summed E-state index contributed by atoms with van der Waals surface area (Å²) in [5.41, 5.74) is 6.65. The van der Waals surface area contributed by atoms with E-state index in [0.717, 1.165) is 22.6 Å². The number of hydrogen-bond acceptors (Lipinski definition) is 2. The smallest absolute Gasteiger partial charge is 0.302 e. The van der Waals surface area contributed by atoms with E-state index in [4.69, 9.17) is 9.73 Å². The van der Waals surface area contributed by atoms with Gasteiger partial charge in [-0.25, -0.2) is 0 Å². The van der Waals surface area contributed by atoms with Gasteiger partial charge in [-0.15, -0.1) is 0 Å². The van der Waals surface area contributed by atoms with Crippen LogP contribution in [0.15, 0.2) is 77.8 Å². The van der Waals surface area contributed by atoms with Crippen molar-refractivity contribution in [1.29, 1.82) is 0 Å². The second-order valence-electron chi connectivity index (χ2n) is 6.32. The summed E-state index contributed by atoms with van der Waals surface area (Å²) in [5.74, 6) is 0. The highest BCUT2D eigenvalue weighted by Gasteiger charge is 2.25. The Bertz CT molecular complexity index is 912. The molecule has 1 aliphatic heterocycles. The van der Waals surface area contributed by atoms with Gasteiger partial charge in [0.1, 0.15) is 6.61 Å². The third-order valence-electron chi connectivity index (χ3n) is 4.33. The molecule has 4 rings (SSSR count). The van der Waals surface area contributed by atoms with Crippen LogP contribution in [0.25, 0.3) is 0 Å². The maximum atomic E-state index is 6.01. The van der Waals surface area contributed by atoms with E-state index < -0.39 is 0 Å². The average Bonchev–Trinajstić information content (AvgIpc) is 2.64. The monoisotopic (exact) mass is 328 g/mol. The van der Waals surface area contributed by atoms with Crippen LogP contribution in [-0.2, 0) is 11.3 Å². The number of nitrogens with zero attached hydrogens (tertiary/aromatic N) is 2. The molecule has 0 spiro atoms. The van der Waals surface area contributed by atoms with Crippen LogP contribution in [0.1, 0.15) is 16.7 Å². The normalized spacial score (nSPS) is 15.0. The molecule has 124 valence electrons. The van der Waals surface area contributed by atoms with E-state index in [0.29, 0.717) is 12.6 Å². The summed E-state index contributed by atoms with van der Waals surface area (Å²) < 4.78 is 6.01. The molecular formula is C22H20N2O. The summed E-state index contributed by atoms with van der Waals surface area (Å²) in [4.78, 5) is 6.84. The Balaban J connectivity index is 1.82. The minimum atomic E-state index is 0.531. The van der Waals surface area contributed by atoms with Crippen LogP contribution in [0.2, 0.25) is 0 Å². The summed E-state index contributed by atoms with van der Waals surface area (Å²) in [5, 5.41) is 0. The van der Waals surface area contributed by atoms with Gasteiger partial charge in [-0.05, 0) is 44.2 Å². The van der Waals surface area contributed by atoms with Crippen molar-refractivity contribution in [3.05, 3.63) is 89.5 Å². The Kier molecular flexibility index (Phi) is 3.98. The molecule has 0 fully saturated rings. The molecule has 3 nitrogen and oxygen atoms in total. The summed E-state index contributed by atoms with van der Waals surface area (Å²) in [7, 11) is 0.